The molecule has 1 aromatic rings. The summed E-state index contributed by atoms with van der Waals surface area (Å²) in [7, 11) is 3.61. The number of nitrogens with zero attached hydrogens (tertiary/aromatic N) is 2. The average molecular weight is 235 g/mol. The highest BCUT2D eigenvalue weighted by Crippen LogP contribution is 2.15. The Morgan fingerprint density at radius 1 is 1.59 bits per heavy atom. The highest BCUT2D eigenvalue weighted by atomic mass is 16.2. The molecule has 1 atom stereocenters. The molecule has 17 heavy (non-hydrogen) atoms. The van der Waals surface area contributed by atoms with E-state index in [1.54, 1.807) is 30.3 Å². The molecule has 1 heterocycles. The van der Waals surface area contributed by atoms with Gasteiger partial charge in [0.2, 0.25) is 0 Å². The highest BCUT2D eigenvalue weighted by Gasteiger charge is 2.19. The summed E-state index contributed by atoms with van der Waals surface area (Å²) in [5.74, 6) is 0.649. The normalized spacial score (nSPS) is 12.0. The SMILES string of the molecule is CCCC(C)N(C)C(=O)c1cccnc1NC. The molecule has 0 spiro atoms. The average Bonchev–Trinajstić information content (AvgIpc) is 2.37. The zero-order valence-electron chi connectivity index (χ0n) is 11.0. The Labute approximate surface area is 103 Å². The summed E-state index contributed by atoms with van der Waals surface area (Å²) in [6.07, 6.45) is 3.76. The number of amides is 1. The molecule has 1 amide bonds. The molecule has 0 aliphatic rings. The van der Waals surface area contributed by atoms with Crippen molar-refractivity contribution in [1.82, 2.24) is 9.88 Å². The van der Waals surface area contributed by atoms with Gasteiger partial charge in [-0.25, -0.2) is 4.98 Å². The number of aromatic nitrogens is 1. The van der Waals surface area contributed by atoms with Crippen molar-refractivity contribution < 1.29 is 4.79 Å². The molecule has 1 unspecified atom stereocenters. The summed E-state index contributed by atoms with van der Waals surface area (Å²) in [5, 5.41) is 2.94. The van der Waals surface area contributed by atoms with Crippen molar-refractivity contribution in [1.29, 1.82) is 0 Å². The molecule has 4 heteroatoms. The van der Waals surface area contributed by atoms with E-state index in [2.05, 4.69) is 24.1 Å². The Morgan fingerprint density at radius 2 is 2.29 bits per heavy atom. The van der Waals surface area contributed by atoms with Gasteiger partial charge in [-0.1, -0.05) is 13.3 Å². The number of anilines is 1. The van der Waals surface area contributed by atoms with Crippen molar-refractivity contribution in [2.45, 2.75) is 32.7 Å². The van der Waals surface area contributed by atoms with Gasteiger partial charge in [0.05, 0.1) is 5.56 Å². The minimum Gasteiger partial charge on any atom is -0.372 e. The van der Waals surface area contributed by atoms with Crippen molar-refractivity contribution in [2.24, 2.45) is 0 Å². The number of pyridine rings is 1. The van der Waals surface area contributed by atoms with Crippen molar-refractivity contribution >= 4 is 11.7 Å². The maximum atomic E-state index is 12.3. The van der Waals surface area contributed by atoms with E-state index in [1.807, 2.05) is 7.05 Å². The topological polar surface area (TPSA) is 45.2 Å². The van der Waals surface area contributed by atoms with Gasteiger partial charge >= 0.3 is 0 Å². The van der Waals surface area contributed by atoms with Gasteiger partial charge in [-0.15, -0.1) is 0 Å². The standard InChI is InChI=1S/C13H21N3O/c1-5-7-10(2)16(4)13(17)11-8-6-9-15-12(11)14-3/h6,8-10H,5,7H2,1-4H3,(H,14,15). The number of hydrogen-bond acceptors (Lipinski definition) is 3. The third kappa shape index (κ3) is 3.19. The molecule has 0 bridgehead atoms. The van der Waals surface area contributed by atoms with E-state index in [4.69, 9.17) is 0 Å². The number of carbonyl (C=O) groups is 1. The summed E-state index contributed by atoms with van der Waals surface area (Å²) >= 11 is 0. The second-order valence-corrected chi connectivity index (χ2v) is 4.20. The number of rotatable bonds is 5. The van der Waals surface area contributed by atoms with Crippen LogP contribution in [0.3, 0.4) is 0 Å². The van der Waals surface area contributed by atoms with Crippen molar-refractivity contribution in [3.8, 4) is 0 Å². The van der Waals surface area contributed by atoms with Gasteiger partial charge in [-0.2, -0.15) is 0 Å². The fourth-order valence-electron chi connectivity index (χ4n) is 1.78. The molecule has 0 saturated carbocycles. The quantitative estimate of drug-likeness (QED) is 0.852. The smallest absolute Gasteiger partial charge is 0.257 e. The molecule has 94 valence electrons. The highest BCUT2D eigenvalue weighted by molar-refractivity contribution is 5.98. The van der Waals surface area contributed by atoms with Crippen molar-refractivity contribution in [3.63, 3.8) is 0 Å². The van der Waals surface area contributed by atoms with Crippen LogP contribution in [0.5, 0.6) is 0 Å². The summed E-state index contributed by atoms with van der Waals surface area (Å²) in [5.41, 5.74) is 0.625. The molecule has 4 nitrogen and oxygen atoms in total. The fraction of sp³-hybridized carbons (Fsp3) is 0.538. The number of carbonyl (C=O) groups excluding carboxylic acids is 1. The van der Waals surface area contributed by atoms with Crippen LogP contribution >= 0.6 is 0 Å². The first-order chi connectivity index (χ1) is 8.11. The van der Waals surface area contributed by atoms with Gasteiger partial charge in [0, 0.05) is 26.3 Å². The lowest BCUT2D eigenvalue weighted by Crippen LogP contribution is -2.35. The van der Waals surface area contributed by atoms with Crippen LogP contribution in [-0.2, 0) is 0 Å². The number of hydrogen-bond donors (Lipinski definition) is 1. The van der Waals surface area contributed by atoms with Crippen LogP contribution in [0.1, 0.15) is 37.0 Å². The zero-order chi connectivity index (χ0) is 12.8. The first-order valence-electron chi connectivity index (χ1n) is 6.01. The van der Waals surface area contributed by atoms with Gasteiger partial charge in [-0.3, -0.25) is 4.79 Å². The second kappa shape index (κ2) is 6.23. The van der Waals surface area contributed by atoms with Gasteiger partial charge in [0.25, 0.3) is 5.91 Å². The van der Waals surface area contributed by atoms with E-state index in [1.165, 1.54) is 0 Å². The fourth-order valence-corrected chi connectivity index (χ4v) is 1.78. The molecule has 1 aromatic heterocycles. The van der Waals surface area contributed by atoms with Crippen LogP contribution in [0, 0.1) is 0 Å². The van der Waals surface area contributed by atoms with Gasteiger partial charge in [0.1, 0.15) is 5.82 Å². The van der Waals surface area contributed by atoms with Gasteiger partial charge in [0.15, 0.2) is 0 Å². The van der Waals surface area contributed by atoms with E-state index in [0.29, 0.717) is 11.4 Å². The molecule has 0 saturated heterocycles. The van der Waals surface area contributed by atoms with Crippen molar-refractivity contribution in [2.75, 3.05) is 19.4 Å². The van der Waals surface area contributed by atoms with E-state index >= 15 is 0 Å². The van der Waals surface area contributed by atoms with Crippen LogP contribution in [0.2, 0.25) is 0 Å². The van der Waals surface area contributed by atoms with E-state index in [9.17, 15) is 4.79 Å². The van der Waals surface area contributed by atoms with E-state index in [-0.39, 0.29) is 11.9 Å². The maximum Gasteiger partial charge on any atom is 0.257 e. The maximum absolute atomic E-state index is 12.3. The predicted molar refractivity (Wildman–Crippen MR) is 70.2 cm³/mol. The molecule has 0 aromatic carbocycles. The number of nitrogens with one attached hydrogen (secondary N) is 1. The minimum absolute atomic E-state index is 0.0170. The Balaban J connectivity index is 2.88. The molecule has 0 aliphatic carbocycles. The lowest BCUT2D eigenvalue weighted by atomic mass is 10.1. The molecular weight excluding hydrogens is 214 g/mol. The Morgan fingerprint density at radius 3 is 2.88 bits per heavy atom. The zero-order valence-corrected chi connectivity index (χ0v) is 11.0. The molecule has 0 fully saturated rings. The van der Waals surface area contributed by atoms with Crippen LogP contribution in [0.4, 0.5) is 5.82 Å². The first kappa shape index (κ1) is 13.5. The molecule has 1 N–H and O–H groups in total. The Hall–Kier alpha value is -1.58. The van der Waals surface area contributed by atoms with Gasteiger partial charge < -0.3 is 10.2 Å². The molecule has 0 aliphatic heterocycles. The third-order valence-electron chi connectivity index (χ3n) is 2.96. The Kier molecular flexibility index (Phi) is 4.94. The van der Waals surface area contributed by atoms with E-state index < -0.39 is 0 Å². The lowest BCUT2D eigenvalue weighted by molar-refractivity contribution is 0.0737. The van der Waals surface area contributed by atoms with Crippen LogP contribution in [0.15, 0.2) is 18.3 Å². The third-order valence-corrected chi connectivity index (χ3v) is 2.96. The van der Waals surface area contributed by atoms with Crippen molar-refractivity contribution in [3.05, 3.63) is 23.9 Å². The summed E-state index contributed by atoms with van der Waals surface area (Å²) < 4.78 is 0. The summed E-state index contributed by atoms with van der Waals surface area (Å²) in [4.78, 5) is 18.2. The molecular formula is C13H21N3O. The predicted octanol–water partition coefficient (Wildman–Crippen LogP) is 2.38. The minimum atomic E-state index is 0.0170. The molecule has 0 radical (unpaired) electrons. The Bertz CT molecular complexity index is 379. The van der Waals surface area contributed by atoms with E-state index in [0.717, 1.165) is 12.8 Å². The summed E-state index contributed by atoms with van der Waals surface area (Å²) in [6, 6.07) is 3.83. The first-order valence-corrected chi connectivity index (χ1v) is 6.01. The van der Waals surface area contributed by atoms with Crippen LogP contribution in [0.25, 0.3) is 0 Å². The summed E-state index contributed by atoms with van der Waals surface area (Å²) in [6.45, 7) is 4.19. The lowest BCUT2D eigenvalue weighted by Gasteiger charge is -2.25. The van der Waals surface area contributed by atoms with Crippen LogP contribution in [-0.4, -0.2) is 35.9 Å². The van der Waals surface area contributed by atoms with Crippen LogP contribution < -0.4 is 5.32 Å². The molecule has 1 rings (SSSR count). The monoisotopic (exact) mass is 235 g/mol. The van der Waals surface area contributed by atoms with Gasteiger partial charge in [-0.05, 0) is 25.5 Å². The second-order valence-electron chi connectivity index (χ2n) is 4.20. The largest absolute Gasteiger partial charge is 0.372 e.